The van der Waals surface area contributed by atoms with Gasteiger partial charge in [-0.05, 0) is 53.9 Å². The predicted octanol–water partition coefficient (Wildman–Crippen LogP) is 7.04. The maximum absolute atomic E-state index is 14.1. The van der Waals surface area contributed by atoms with Gasteiger partial charge in [-0.25, -0.2) is 9.37 Å². The van der Waals surface area contributed by atoms with Gasteiger partial charge in [0.2, 0.25) is 0 Å². The Morgan fingerprint density at radius 2 is 1.72 bits per heavy atom. The lowest BCUT2D eigenvalue weighted by Gasteiger charge is -2.17. The first kappa shape index (κ1) is 25.4. The van der Waals surface area contributed by atoms with Gasteiger partial charge in [0.05, 0.1) is 16.9 Å². The first-order valence-electron chi connectivity index (χ1n) is 12.3. The van der Waals surface area contributed by atoms with Crippen LogP contribution in [-0.4, -0.2) is 22.1 Å². The second kappa shape index (κ2) is 11.0. The molecule has 1 atom stereocenters. The van der Waals surface area contributed by atoms with Crippen LogP contribution in [0, 0.1) is 17.1 Å². The smallest absolute Gasteiger partial charge is 0.325 e. The van der Waals surface area contributed by atoms with E-state index in [0.717, 1.165) is 22.4 Å². The summed E-state index contributed by atoms with van der Waals surface area (Å²) in [4.78, 5) is 16.2. The van der Waals surface area contributed by atoms with Crippen LogP contribution in [0.3, 0.4) is 0 Å². The van der Waals surface area contributed by atoms with Crippen molar-refractivity contribution in [2.45, 2.75) is 19.6 Å². The maximum Gasteiger partial charge on any atom is 0.325 e. The van der Waals surface area contributed by atoms with E-state index >= 15 is 0 Å². The molecule has 0 fully saturated rings. The monoisotopic (exact) mass is 517 g/mol. The third kappa shape index (κ3) is 5.55. The third-order valence-corrected chi connectivity index (χ3v) is 6.36. The number of anilines is 1. The molecule has 0 aliphatic carbocycles. The van der Waals surface area contributed by atoms with E-state index in [9.17, 15) is 19.6 Å². The highest BCUT2D eigenvalue weighted by molar-refractivity contribution is 5.99. The largest absolute Gasteiger partial charge is 0.489 e. The van der Waals surface area contributed by atoms with Gasteiger partial charge in [0.25, 0.3) is 0 Å². The van der Waals surface area contributed by atoms with E-state index in [-0.39, 0.29) is 11.3 Å². The number of pyridine rings is 1. The first-order valence-corrected chi connectivity index (χ1v) is 12.3. The zero-order valence-electron chi connectivity index (χ0n) is 21.1. The molecule has 1 unspecified atom stereocenters. The normalized spacial score (nSPS) is 11.5. The zero-order valence-corrected chi connectivity index (χ0v) is 21.1. The van der Waals surface area contributed by atoms with Crippen LogP contribution in [0.5, 0.6) is 5.75 Å². The van der Waals surface area contributed by atoms with Crippen molar-refractivity contribution in [1.29, 1.82) is 5.26 Å². The molecule has 5 aromatic rings. The third-order valence-electron chi connectivity index (χ3n) is 6.36. The summed E-state index contributed by atoms with van der Waals surface area (Å²) < 4.78 is 20.0. The maximum atomic E-state index is 14.1. The lowest BCUT2D eigenvalue weighted by atomic mass is 9.98. The molecule has 0 radical (unpaired) electrons. The zero-order chi connectivity index (χ0) is 27.4. The standard InChI is InChI=1S/C32H24FN3O3/c1-20(32(37)38)35-31-27-17-25(33)14-15-29(27)36-30(28(31)18-34)23-12-10-22(11-13-23)24-8-5-9-26(16-24)39-19-21-6-3-2-4-7-21/h2-17,20H,19H2,1H3,(H,35,36)(H,37,38). The second-order valence-electron chi connectivity index (χ2n) is 9.07. The summed E-state index contributed by atoms with van der Waals surface area (Å²) in [6, 6.07) is 30.5. The molecule has 0 aliphatic heterocycles. The summed E-state index contributed by atoms with van der Waals surface area (Å²) in [5.41, 5.74) is 4.86. The number of fused-ring (bicyclic) bond motifs is 1. The number of hydrogen-bond donors (Lipinski definition) is 2. The molecule has 0 bridgehead atoms. The molecule has 4 aromatic carbocycles. The molecule has 5 rings (SSSR count). The number of aromatic nitrogens is 1. The number of nitriles is 1. The van der Waals surface area contributed by atoms with Gasteiger partial charge in [-0.1, -0.05) is 66.7 Å². The van der Waals surface area contributed by atoms with Crippen LogP contribution >= 0.6 is 0 Å². The molecule has 0 spiro atoms. The molecule has 0 amide bonds. The Labute approximate surface area is 225 Å². The molecule has 2 N–H and O–H groups in total. The molecule has 0 saturated carbocycles. The Balaban J connectivity index is 1.49. The molecule has 0 aliphatic rings. The molecule has 7 heteroatoms. The second-order valence-corrected chi connectivity index (χ2v) is 9.07. The molecule has 0 saturated heterocycles. The van der Waals surface area contributed by atoms with E-state index in [4.69, 9.17) is 4.74 Å². The van der Waals surface area contributed by atoms with Gasteiger partial charge < -0.3 is 15.2 Å². The number of hydrogen-bond acceptors (Lipinski definition) is 5. The SMILES string of the molecule is CC(Nc1c(C#N)c(-c2ccc(-c3cccc(OCc4ccccc4)c3)cc2)nc2ccc(F)cc12)C(=O)O. The highest BCUT2D eigenvalue weighted by atomic mass is 19.1. The minimum absolute atomic E-state index is 0.144. The van der Waals surface area contributed by atoms with Crippen molar-refractivity contribution in [2.24, 2.45) is 0 Å². The summed E-state index contributed by atoms with van der Waals surface area (Å²) in [5, 5.41) is 22.7. The van der Waals surface area contributed by atoms with E-state index in [1.165, 1.54) is 25.1 Å². The van der Waals surface area contributed by atoms with Crippen molar-refractivity contribution in [3.05, 3.63) is 114 Å². The number of nitrogens with one attached hydrogen (secondary N) is 1. The topological polar surface area (TPSA) is 95.2 Å². The molecule has 39 heavy (non-hydrogen) atoms. The number of halogens is 1. The lowest BCUT2D eigenvalue weighted by molar-refractivity contribution is -0.137. The quantitative estimate of drug-likeness (QED) is 0.229. The van der Waals surface area contributed by atoms with E-state index in [2.05, 4.69) is 16.4 Å². The number of aliphatic carboxylic acids is 1. The summed E-state index contributed by atoms with van der Waals surface area (Å²) in [5.74, 6) is -0.855. The van der Waals surface area contributed by atoms with Gasteiger partial charge in [0.15, 0.2) is 0 Å². The Hall–Kier alpha value is -5.22. The lowest BCUT2D eigenvalue weighted by Crippen LogP contribution is -2.26. The van der Waals surface area contributed by atoms with Gasteiger partial charge in [0.1, 0.15) is 35.8 Å². The Morgan fingerprint density at radius 1 is 0.974 bits per heavy atom. The summed E-state index contributed by atoms with van der Waals surface area (Å²) in [6.07, 6.45) is 0. The molecule has 6 nitrogen and oxygen atoms in total. The molecule has 1 aromatic heterocycles. The number of carboxylic acids is 1. The van der Waals surface area contributed by atoms with Gasteiger partial charge >= 0.3 is 5.97 Å². The Kier molecular flexibility index (Phi) is 7.19. The average molecular weight is 518 g/mol. The minimum Gasteiger partial charge on any atom is -0.489 e. The van der Waals surface area contributed by atoms with Crippen LogP contribution in [-0.2, 0) is 11.4 Å². The summed E-state index contributed by atoms with van der Waals surface area (Å²) in [6.45, 7) is 1.93. The van der Waals surface area contributed by atoms with Crippen molar-refractivity contribution >= 4 is 22.6 Å². The summed E-state index contributed by atoms with van der Waals surface area (Å²) >= 11 is 0. The van der Waals surface area contributed by atoms with Crippen molar-refractivity contribution in [1.82, 2.24) is 4.98 Å². The number of nitrogens with zero attached hydrogens (tertiary/aromatic N) is 2. The van der Waals surface area contributed by atoms with Crippen LogP contribution in [0.2, 0.25) is 0 Å². The predicted molar refractivity (Wildman–Crippen MR) is 149 cm³/mol. The molecular formula is C32H24FN3O3. The highest BCUT2D eigenvalue weighted by Gasteiger charge is 2.21. The number of carboxylic acid groups (broad SMARTS) is 1. The Bertz CT molecular complexity index is 1700. The van der Waals surface area contributed by atoms with E-state index in [1.807, 2.05) is 78.9 Å². The van der Waals surface area contributed by atoms with Crippen LogP contribution in [0.4, 0.5) is 10.1 Å². The van der Waals surface area contributed by atoms with Crippen molar-refractivity contribution in [3.63, 3.8) is 0 Å². The molecule has 192 valence electrons. The number of carbonyl (C=O) groups is 1. The van der Waals surface area contributed by atoms with Crippen LogP contribution in [0.15, 0.2) is 97.1 Å². The van der Waals surface area contributed by atoms with Crippen molar-refractivity contribution in [3.8, 4) is 34.2 Å². The van der Waals surface area contributed by atoms with Gasteiger partial charge in [-0.2, -0.15) is 5.26 Å². The van der Waals surface area contributed by atoms with E-state index < -0.39 is 17.8 Å². The van der Waals surface area contributed by atoms with E-state index in [0.29, 0.717) is 28.8 Å². The Morgan fingerprint density at radius 3 is 2.44 bits per heavy atom. The number of benzene rings is 4. The summed E-state index contributed by atoms with van der Waals surface area (Å²) in [7, 11) is 0. The van der Waals surface area contributed by atoms with E-state index in [1.54, 1.807) is 0 Å². The van der Waals surface area contributed by atoms with Crippen molar-refractivity contribution in [2.75, 3.05) is 5.32 Å². The minimum atomic E-state index is -1.10. The number of ether oxygens (including phenoxy) is 1. The van der Waals surface area contributed by atoms with Crippen molar-refractivity contribution < 1.29 is 19.0 Å². The van der Waals surface area contributed by atoms with Crippen LogP contribution in [0.25, 0.3) is 33.3 Å². The van der Waals surface area contributed by atoms with Crippen LogP contribution < -0.4 is 10.1 Å². The molecular weight excluding hydrogens is 493 g/mol. The first-order chi connectivity index (χ1) is 18.9. The fourth-order valence-corrected chi connectivity index (χ4v) is 4.31. The molecule has 1 heterocycles. The average Bonchev–Trinajstić information content (AvgIpc) is 2.96. The highest BCUT2D eigenvalue weighted by Crippen LogP contribution is 2.35. The number of rotatable bonds is 8. The fourth-order valence-electron chi connectivity index (χ4n) is 4.31. The fraction of sp³-hybridized carbons (Fsp3) is 0.0938. The van der Waals surface area contributed by atoms with Gasteiger partial charge in [-0.15, -0.1) is 0 Å². The van der Waals surface area contributed by atoms with Gasteiger partial charge in [0, 0.05) is 10.9 Å². The van der Waals surface area contributed by atoms with Gasteiger partial charge in [-0.3, -0.25) is 4.79 Å². The van der Waals surface area contributed by atoms with Crippen LogP contribution in [0.1, 0.15) is 18.1 Å².